The summed E-state index contributed by atoms with van der Waals surface area (Å²) in [4.78, 5) is 11.0. The van der Waals surface area contributed by atoms with Gasteiger partial charge in [0.2, 0.25) is 5.91 Å². The molecule has 0 saturated carbocycles. The molecule has 8 heteroatoms. The summed E-state index contributed by atoms with van der Waals surface area (Å²) in [5.41, 5.74) is 5.59. The van der Waals surface area contributed by atoms with Gasteiger partial charge in [-0.2, -0.15) is 0 Å². The van der Waals surface area contributed by atoms with Crippen molar-refractivity contribution in [3.8, 4) is 0 Å². The number of sulfonamides is 1. The molecule has 0 aliphatic rings. The highest BCUT2D eigenvalue weighted by Crippen LogP contribution is 2.27. The summed E-state index contributed by atoms with van der Waals surface area (Å²) in [7, 11) is -3.86. The lowest BCUT2D eigenvalue weighted by Gasteiger charge is -2.10. The molecule has 5 nitrogen and oxygen atoms in total. The smallest absolute Gasteiger partial charge is 0.263 e. The second-order valence-electron chi connectivity index (χ2n) is 4.13. The van der Waals surface area contributed by atoms with Crippen molar-refractivity contribution >= 4 is 49.1 Å². The van der Waals surface area contributed by atoms with Gasteiger partial charge in [0.1, 0.15) is 4.90 Å². The van der Waals surface area contributed by atoms with E-state index in [2.05, 4.69) is 20.7 Å². The van der Waals surface area contributed by atoms with E-state index in [1.165, 1.54) is 36.4 Å². The first-order valence-electron chi connectivity index (χ1n) is 5.67. The number of rotatable bonds is 4. The van der Waals surface area contributed by atoms with Crippen LogP contribution < -0.4 is 10.5 Å². The van der Waals surface area contributed by atoms with Crippen LogP contribution in [0.15, 0.2) is 51.8 Å². The number of nitrogens with one attached hydrogen (secondary N) is 1. The molecule has 110 valence electrons. The Morgan fingerprint density at radius 2 is 1.90 bits per heavy atom. The van der Waals surface area contributed by atoms with Gasteiger partial charge in [0.05, 0.1) is 5.02 Å². The molecule has 0 unspecified atom stereocenters. The van der Waals surface area contributed by atoms with Gasteiger partial charge < -0.3 is 5.73 Å². The number of amides is 1. The minimum atomic E-state index is -3.86. The Morgan fingerprint density at radius 3 is 2.52 bits per heavy atom. The summed E-state index contributed by atoms with van der Waals surface area (Å²) in [5, 5.41) is 0.0860. The van der Waals surface area contributed by atoms with Crippen LogP contribution in [-0.2, 0) is 10.0 Å². The average molecular weight is 390 g/mol. The maximum atomic E-state index is 12.3. The van der Waals surface area contributed by atoms with Crippen molar-refractivity contribution in [3.63, 3.8) is 0 Å². The van der Waals surface area contributed by atoms with Gasteiger partial charge in [-0.25, -0.2) is 8.42 Å². The van der Waals surface area contributed by atoms with Crippen molar-refractivity contribution in [1.29, 1.82) is 0 Å². The van der Waals surface area contributed by atoms with Crippen molar-refractivity contribution in [2.45, 2.75) is 4.90 Å². The summed E-state index contributed by atoms with van der Waals surface area (Å²) >= 11 is 9.14. The number of anilines is 1. The predicted octanol–water partition coefficient (Wildman–Crippen LogP) is 3.00. The number of benzene rings is 2. The fraction of sp³-hybridized carbons (Fsp3) is 0. The molecule has 0 radical (unpaired) electrons. The fourth-order valence-corrected chi connectivity index (χ4v) is 3.73. The monoisotopic (exact) mass is 388 g/mol. The molecule has 0 saturated heterocycles. The third-order valence-corrected chi connectivity index (χ3v) is 4.94. The summed E-state index contributed by atoms with van der Waals surface area (Å²) in [6, 6.07) is 10.3. The molecule has 3 N–H and O–H groups in total. The zero-order chi connectivity index (χ0) is 15.6. The third-order valence-electron chi connectivity index (χ3n) is 2.58. The van der Waals surface area contributed by atoms with E-state index in [4.69, 9.17) is 17.3 Å². The van der Waals surface area contributed by atoms with Crippen LogP contribution in [0.25, 0.3) is 0 Å². The molecule has 0 fully saturated rings. The van der Waals surface area contributed by atoms with Gasteiger partial charge in [0.25, 0.3) is 10.0 Å². The summed E-state index contributed by atoms with van der Waals surface area (Å²) in [6.45, 7) is 0. The quantitative estimate of drug-likeness (QED) is 0.842. The van der Waals surface area contributed by atoms with Crippen LogP contribution >= 0.6 is 27.5 Å². The number of hydrogen-bond donors (Lipinski definition) is 2. The van der Waals surface area contributed by atoms with Crippen molar-refractivity contribution in [2.24, 2.45) is 5.73 Å². The first kappa shape index (κ1) is 15.8. The van der Waals surface area contributed by atoms with Crippen molar-refractivity contribution in [1.82, 2.24) is 0 Å². The van der Waals surface area contributed by atoms with E-state index >= 15 is 0 Å². The van der Waals surface area contributed by atoms with Crippen molar-refractivity contribution in [3.05, 3.63) is 57.5 Å². The highest BCUT2D eigenvalue weighted by molar-refractivity contribution is 9.10. The zero-order valence-electron chi connectivity index (χ0n) is 10.5. The molecule has 0 bridgehead atoms. The van der Waals surface area contributed by atoms with Gasteiger partial charge in [-0.3, -0.25) is 9.52 Å². The number of halogens is 2. The molecule has 0 aliphatic heterocycles. The molecule has 2 aromatic rings. The molecular weight excluding hydrogens is 380 g/mol. The minimum Gasteiger partial charge on any atom is -0.366 e. The molecule has 1 amide bonds. The van der Waals surface area contributed by atoms with Gasteiger partial charge in [-0.05, 0) is 36.4 Å². The SMILES string of the molecule is NC(=O)c1cccc(NS(=O)(=O)c2ccc(Br)cc2Cl)c1. The second kappa shape index (κ2) is 6.05. The zero-order valence-corrected chi connectivity index (χ0v) is 13.7. The van der Waals surface area contributed by atoms with E-state index < -0.39 is 15.9 Å². The molecular formula is C13H10BrClN2O3S. The van der Waals surface area contributed by atoms with Crippen LogP contribution in [0, 0.1) is 0 Å². The third kappa shape index (κ3) is 3.75. The Morgan fingerprint density at radius 1 is 1.19 bits per heavy atom. The maximum absolute atomic E-state index is 12.3. The van der Waals surface area contributed by atoms with Gasteiger partial charge in [0, 0.05) is 15.7 Å². The molecule has 0 heterocycles. The molecule has 21 heavy (non-hydrogen) atoms. The van der Waals surface area contributed by atoms with E-state index in [0.717, 1.165) is 0 Å². The predicted molar refractivity (Wildman–Crippen MR) is 84.9 cm³/mol. The molecule has 0 aliphatic carbocycles. The Kier molecular flexibility index (Phi) is 4.55. The van der Waals surface area contributed by atoms with E-state index in [1.807, 2.05) is 0 Å². The Hall–Kier alpha value is -1.57. The van der Waals surface area contributed by atoms with Crippen LogP contribution in [0.2, 0.25) is 5.02 Å². The van der Waals surface area contributed by atoms with Crippen LogP contribution in [0.5, 0.6) is 0 Å². The number of hydrogen-bond acceptors (Lipinski definition) is 3. The van der Waals surface area contributed by atoms with Gasteiger partial charge in [0.15, 0.2) is 0 Å². The van der Waals surface area contributed by atoms with E-state index in [9.17, 15) is 13.2 Å². The molecule has 0 atom stereocenters. The highest BCUT2D eigenvalue weighted by atomic mass is 79.9. The molecule has 2 aromatic carbocycles. The number of carbonyl (C=O) groups is 1. The molecule has 0 aromatic heterocycles. The highest BCUT2D eigenvalue weighted by Gasteiger charge is 2.18. The molecule has 2 rings (SSSR count). The van der Waals surface area contributed by atoms with Crippen molar-refractivity contribution < 1.29 is 13.2 Å². The van der Waals surface area contributed by atoms with Gasteiger partial charge >= 0.3 is 0 Å². The Bertz CT molecular complexity index is 809. The summed E-state index contributed by atoms with van der Waals surface area (Å²) < 4.78 is 27.6. The first-order valence-corrected chi connectivity index (χ1v) is 8.33. The van der Waals surface area contributed by atoms with E-state index in [-0.39, 0.29) is 21.2 Å². The standard InChI is InChI=1S/C13H10BrClN2O3S/c14-9-4-5-12(11(15)7-9)21(19,20)17-10-3-1-2-8(6-10)13(16)18/h1-7,17H,(H2,16,18). The minimum absolute atomic E-state index is 0.0585. The maximum Gasteiger partial charge on any atom is 0.263 e. The van der Waals surface area contributed by atoms with E-state index in [0.29, 0.717) is 4.47 Å². The van der Waals surface area contributed by atoms with Crippen LogP contribution in [-0.4, -0.2) is 14.3 Å². The second-order valence-corrected chi connectivity index (χ2v) is 7.10. The van der Waals surface area contributed by atoms with Crippen LogP contribution in [0.1, 0.15) is 10.4 Å². The number of primary amides is 1. The lowest BCUT2D eigenvalue weighted by molar-refractivity contribution is 0.100. The largest absolute Gasteiger partial charge is 0.366 e. The van der Waals surface area contributed by atoms with E-state index in [1.54, 1.807) is 6.07 Å². The summed E-state index contributed by atoms with van der Waals surface area (Å²) in [6.07, 6.45) is 0. The fourth-order valence-electron chi connectivity index (χ4n) is 1.64. The lowest BCUT2D eigenvalue weighted by Crippen LogP contribution is -2.15. The van der Waals surface area contributed by atoms with Crippen molar-refractivity contribution in [2.75, 3.05) is 4.72 Å². The first-order chi connectivity index (χ1) is 9.79. The average Bonchev–Trinajstić information content (AvgIpc) is 2.37. The van der Waals surface area contributed by atoms with Crippen LogP contribution in [0.4, 0.5) is 5.69 Å². The Balaban J connectivity index is 2.37. The van der Waals surface area contributed by atoms with Gasteiger partial charge in [-0.15, -0.1) is 0 Å². The Labute approximate surface area is 135 Å². The number of nitrogens with two attached hydrogens (primary N) is 1. The topological polar surface area (TPSA) is 89.3 Å². The summed E-state index contributed by atoms with van der Waals surface area (Å²) in [5.74, 6) is -0.641. The number of carbonyl (C=O) groups excluding carboxylic acids is 1. The lowest BCUT2D eigenvalue weighted by atomic mass is 10.2. The normalized spacial score (nSPS) is 11.1. The van der Waals surface area contributed by atoms with Gasteiger partial charge in [-0.1, -0.05) is 33.6 Å². The molecule has 0 spiro atoms. The van der Waals surface area contributed by atoms with Crippen LogP contribution in [0.3, 0.4) is 0 Å².